The highest BCUT2D eigenvalue weighted by Gasteiger charge is 2.32. The van der Waals surface area contributed by atoms with Crippen LogP contribution < -0.4 is 4.74 Å². The van der Waals surface area contributed by atoms with Crippen LogP contribution in [0, 0.1) is 0 Å². The molecule has 0 unspecified atom stereocenters. The van der Waals surface area contributed by atoms with Gasteiger partial charge in [-0.15, -0.1) is 0 Å². The SMILES string of the molecule is C[C@](COc1ccccc1)(OC(=O)c1ccc(Cl)cc1)n1ccnc1. The maximum Gasteiger partial charge on any atom is 0.340 e. The van der Waals surface area contributed by atoms with Gasteiger partial charge in [0.05, 0.1) is 11.9 Å². The first-order chi connectivity index (χ1) is 12.1. The summed E-state index contributed by atoms with van der Waals surface area (Å²) < 4.78 is 13.2. The summed E-state index contributed by atoms with van der Waals surface area (Å²) in [5, 5.41) is 0.557. The van der Waals surface area contributed by atoms with Crippen LogP contribution in [-0.4, -0.2) is 22.1 Å². The summed E-state index contributed by atoms with van der Waals surface area (Å²) in [4.78, 5) is 16.6. The maximum absolute atomic E-state index is 12.5. The van der Waals surface area contributed by atoms with Gasteiger partial charge in [0, 0.05) is 17.4 Å². The smallest absolute Gasteiger partial charge is 0.340 e. The Morgan fingerprint density at radius 2 is 1.88 bits per heavy atom. The molecule has 0 radical (unpaired) electrons. The number of carbonyl (C=O) groups is 1. The summed E-state index contributed by atoms with van der Waals surface area (Å²) in [5.74, 6) is 0.223. The van der Waals surface area contributed by atoms with E-state index in [0.29, 0.717) is 16.3 Å². The number of hydrogen-bond acceptors (Lipinski definition) is 4. The lowest BCUT2D eigenvalue weighted by Gasteiger charge is -2.30. The second kappa shape index (κ2) is 7.40. The lowest BCUT2D eigenvalue weighted by molar-refractivity contribution is -0.0794. The van der Waals surface area contributed by atoms with E-state index in [-0.39, 0.29) is 6.61 Å². The first kappa shape index (κ1) is 17.0. The van der Waals surface area contributed by atoms with Crippen molar-refractivity contribution in [1.82, 2.24) is 9.55 Å². The average molecular weight is 357 g/mol. The van der Waals surface area contributed by atoms with Gasteiger partial charge in [0.15, 0.2) is 0 Å². The number of halogens is 1. The Hall–Kier alpha value is -2.79. The summed E-state index contributed by atoms with van der Waals surface area (Å²) >= 11 is 5.86. The molecule has 2 aromatic carbocycles. The molecule has 0 saturated carbocycles. The number of rotatable bonds is 6. The Bertz CT molecular complexity index is 820. The zero-order chi connectivity index (χ0) is 17.7. The van der Waals surface area contributed by atoms with Gasteiger partial charge in [-0.05, 0) is 43.3 Å². The van der Waals surface area contributed by atoms with Crippen LogP contribution in [-0.2, 0) is 10.5 Å². The van der Waals surface area contributed by atoms with Crippen LogP contribution in [0.2, 0.25) is 5.02 Å². The van der Waals surface area contributed by atoms with Crippen molar-refractivity contribution in [2.45, 2.75) is 12.6 Å². The minimum absolute atomic E-state index is 0.132. The first-order valence-corrected chi connectivity index (χ1v) is 8.10. The number of benzene rings is 2. The van der Waals surface area contributed by atoms with E-state index in [1.807, 2.05) is 30.3 Å². The van der Waals surface area contributed by atoms with E-state index < -0.39 is 11.7 Å². The Kier molecular flexibility index (Phi) is 5.05. The van der Waals surface area contributed by atoms with Crippen molar-refractivity contribution in [3.05, 3.63) is 83.9 Å². The van der Waals surface area contributed by atoms with E-state index in [9.17, 15) is 4.79 Å². The van der Waals surface area contributed by atoms with E-state index in [0.717, 1.165) is 0 Å². The number of nitrogens with zero attached hydrogens (tertiary/aromatic N) is 2. The topological polar surface area (TPSA) is 53.4 Å². The molecule has 5 nitrogen and oxygen atoms in total. The predicted molar refractivity (Wildman–Crippen MR) is 94.7 cm³/mol. The van der Waals surface area contributed by atoms with Crippen LogP contribution in [0.4, 0.5) is 0 Å². The number of hydrogen-bond donors (Lipinski definition) is 0. The van der Waals surface area contributed by atoms with Crippen LogP contribution in [0.1, 0.15) is 17.3 Å². The highest BCUT2D eigenvalue weighted by molar-refractivity contribution is 6.30. The Morgan fingerprint density at radius 1 is 1.16 bits per heavy atom. The lowest BCUT2D eigenvalue weighted by atomic mass is 10.2. The number of para-hydroxylation sites is 1. The lowest BCUT2D eigenvalue weighted by Crippen LogP contribution is -2.40. The predicted octanol–water partition coefficient (Wildman–Crippen LogP) is 4.15. The summed E-state index contributed by atoms with van der Waals surface area (Å²) in [6, 6.07) is 15.9. The van der Waals surface area contributed by atoms with Gasteiger partial charge in [0.2, 0.25) is 5.72 Å². The maximum atomic E-state index is 12.5. The molecule has 1 aromatic heterocycles. The minimum Gasteiger partial charge on any atom is -0.487 e. The number of aromatic nitrogens is 2. The van der Waals surface area contributed by atoms with Gasteiger partial charge in [-0.1, -0.05) is 29.8 Å². The van der Waals surface area contributed by atoms with E-state index in [4.69, 9.17) is 21.1 Å². The fourth-order valence-corrected chi connectivity index (χ4v) is 2.40. The highest BCUT2D eigenvalue weighted by atomic mass is 35.5. The van der Waals surface area contributed by atoms with E-state index >= 15 is 0 Å². The molecule has 128 valence electrons. The zero-order valence-electron chi connectivity index (χ0n) is 13.6. The summed E-state index contributed by atoms with van der Waals surface area (Å²) in [7, 11) is 0. The third-order valence-corrected chi connectivity index (χ3v) is 3.94. The molecule has 0 spiro atoms. The van der Waals surface area contributed by atoms with Crippen LogP contribution in [0.15, 0.2) is 73.3 Å². The monoisotopic (exact) mass is 356 g/mol. The van der Waals surface area contributed by atoms with Gasteiger partial charge in [0.25, 0.3) is 0 Å². The second-order valence-electron chi connectivity index (χ2n) is 5.64. The van der Waals surface area contributed by atoms with Crippen LogP contribution in [0.3, 0.4) is 0 Å². The summed E-state index contributed by atoms with van der Waals surface area (Å²) in [6.07, 6.45) is 4.93. The molecule has 25 heavy (non-hydrogen) atoms. The normalized spacial score (nSPS) is 13.0. The van der Waals surface area contributed by atoms with Gasteiger partial charge in [-0.3, -0.25) is 4.57 Å². The van der Waals surface area contributed by atoms with E-state index in [1.54, 1.807) is 54.5 Å². The molecule has 0 saturated heterocycles. The molecule has 0 amide bonds. The van der Waals surface area contributed by atoms with Crippen molar-refractivity contribution in [1.29, 1.82) is 0 Å². The van der Waals surface area contributed by atoms with E-state index in [2.05, 4.69) is 4.98 Å². The number of esters is 1. The fourth-order valence-electron chi connectivity index (χ4n) is 2.27. The number of carbonyl (C=O) groups excluding carboxylic acids is 1. The Labute approximate surface area is 150 Å². The zero-order valence-corrected chi connectivity index (χ0v) is 14.4. The average Bonchev–Trinajstić information content (AvgIpc) is 3.17. The van der Waals surface area contributed by atoms with Crippen molar-refractivity contribution in [2.75, 3.05) is 6.61 Å². The third kappa shape index (κ3) is 4.19. The van der Waals surface area contributed by atoms with Gasteiger partial charge in [-0.2, -0.15) is 0 Å². The number of imidazole rings is 1. The highest BCUT2D eigenvalue weighted by Crippen LogP contribution is 2.23. The van der Waals surface area contributed by atoms with Crippen LogP contribution >= 0.6 is 11.6 Å². The fraction of sp³-hybridized carbons (Fsp3) is 0.158. The molecular formula is C19H17ClN2O3. The molecule has 6 heteroatoms. The molecule has 0 aliphatic carbocycles. The quantitative estimate of drug-likeness (QED) is 0.623. The Morgan fingerprint density at radius 3 is 2.52 bits per heavy atom. The molecular weight excluding hydrogens is 340 g/mol. The molecule has 1 atom stereocenters. The molecule has 3 aromatic rings. The summed E-state index contributed by atoms with van der Waals surface area (Å²) in [5.41, 5.74) is -0.640. The standard InChI is InChI=1S/C19H17ClN2O3/c1-19(22-12-11-21-14-22,13-24-17-5-3-2-4-6-17)25-18(23)15-7-9-16(20)10-8-15/h2-12,14H,13H2,1H3/t19-/m1/s1. The molecule has 0 bridgehead atoms. The largest absolute Gasteiger partial charge is 0.487 e. The Balaban J connectivity index is 1.79. The van der Waals surface area contributed by atoms with Gasteiger partial charge in [-0.25, -0.2) is 9.78 Å². The molecule has 0 N–H and O–H groups in total. The molecule has 1 heterocycles. The summed E-state index contributed by atoms with van der Waals surface area (Å²) in [6.45, 7) is 1.90. The second-order valence-corrected chi connectivity index (χ2v) is 6.08. The van der Waals surface area contributed by atoms with Crippen LogP contribution in [0.25, 0.3) is 0 Å². The van der Waals surface area contributed by atoms with E-state index in [1.165, 1.54) is 0 Å². The third-order valence-electron chi connectivity index (χ3n) is 3.69. The van der Waals surface area contributed by atoms with Crippen molar-refractivity contribution >= 4 is 17.6 Å². The molecule has 0 aliphatic heterocycles. The van der Waals surface area contributed by atoms with Crippen molar-refractivity contribution in [2.24, 2.45) is 0 Å². The van der Waals surface area contributed by atoms with Gasteiger partial charge >= 0.3 is 5.97 Å². The van der Waals surface area contributed by atoms with Gasteiger partial charge in [0.1, 0.15) is 12.4 Å². The molecule has 0 fully saturated rings. The first-order valence-electron chi connectivity index (χ1n) is 7.72. The van der Waals surface area contributed by atoms with Crippen molar-refractivity contribution in [3.63, 3.8) is 0 Å². The molecule has 0 aliphatic rings. The van der Waals surface area contributed by atoms with Crippen molar-refractivity contribution < 1.29 is 14.3 Å². The van der Waals surface area contributed by atoms with Crippen molar-refractivity contribution in [3.8, 4) is 5.75 Å². The van der Waals surface area contributed by atoms with Crippen LogP contribution in [0.5, 0.6) is 5.75 Å². The molecule has 3 rings (SSSR count). The minimum atomic E-state index is -1.05. The van der Waals surface area contributed by atoms with Gasteiger partial charge < -0.3 is 9.47 Å². The number of ether oxygens (including phenoxy) is 2.